The molecule has 0 saturated heterocycles. The van der Waals surface area contributed by atoms with Gasteiger partial charge in [0.15, 0.2) is 0 Å². The van der Waals surface area contributed by atoms with E-state index in [1.807, 2.05) is 36.4 Å². The van der Waals surface area contributed by atoms with E-state index in [9.17, 15) is 4.79 Å². The highest BCUT2D eigenvalue weighted by atomic mass is 16.3. The number of aromatic nitrogens is 1. The maximum atomic E-state index is 13.2. The molecule has 6 nitrogen and oxygen atoms in total. The lowest BCUT2D eigenvalue weighted by atomic mass is 9.49. The SMILES string of the molecule is O=C(CC12CC3CC(CC(C3)C1)C2)Nc1cccc2nc(NCCCNCc3ccco3)ccc12. The molecule has 7 rings (SSSR count). The molecule has 0 spiro atoms. The van der Waals surface area contributed by atoms with Crippen LogP contribution < -0.4 is 16.0 Å². The van der Waals surface area contributed by atoms with Crippen molar-refractivity contribution in [1.82, 2.24) is 10.3 Å². The van der Waals surface area contributed by atoms with Gasteiger partial charge in [0.05, 0.1) is 24.0 Å². The first kappa shape index (κ1) is 22.6. The van der Waals surface area contributed by atoms with Crippen molar-refractivity contribution in [2.75, 3.05) is 23.7 Å². The summed E-state index contributed by atoms with van der Waals surface area (Å²) in [6, 6.07) is 14.0. The number of nitrogens with zero attached hydrogens (tertiary/aromatic N) is 1. The Balaban J connectivity index is 1.03. The molecule has 4 saturated carbocycles. The van der Waals surface area contributed by atoms with Gasteiger partial charge >= 0.3 is 0 Å². The number of carbonyl (C=O) groups is 1. The van der Waals surface area contributed by atoms with Crippen molar-refractivity contribution in [3.63, 3.8) is 0 Å². The summed E-state index contributed by atoms with van der Waals surface area (Å²) >= 11 is 0. The number of furan rings is 1. The molecule has 2 heterocycles. The first-order chi connectivity index (χ1) is 17.1. The summed E-state index contributed by atoms with van der Waals surface area (Å²) in [4.78, 5) is 17.9. The van der Waals surface area contributed by atoms with Gasteiger partial charge in [0, 0.05) is 18.4 Å². The lowest BCUT2D eigenvalue weighted by Crippen LogP contribution is -2.47. The Labute approximate surface area is 207 Å². The summed E-state index contributed by atoms with van der Waals surface area (Å²) < 4.78 is 5.33. The van der Waals surface area contributed by atoms with Crippen LogP contribution in [0, 0.1) is 23.2 Å². The van der Waals surface area contributed by atoms with Gasteiger partial charge in [0.1, 0.15) is 11.6 Å². The molecular weight excluding hydrogens is 436 g/mol. The highest BCUT2D eigenvalue weighted by Crippen LogP contribution is 2.61. The molecule has 2 aromatic heterocycles. The van der Waals surface area contributed by atoms with E-state index in [4.69, 9.17) is 9.40 Å². The van der Waals surface area contributed by atoms with Crippen molar-refractivity contribution in [3.05, 3.63) is 54.5 Å². The van der Waals surface area contributed by atoms with E-state index in [0.717, 1.165) is 72.0 Å². The number of hydrogen-bond donors (Lipinski definition) is 3. The number of benzene rings is 1. The third kappa shape index (κ3) is 5.08. The van der Waals surface area contributed by atoms with Crippen LogP contribution in [-0.4, -0.2) is 24.0 Å². The van der Waals surface area contributed by atoms with E-state index in [0.29, 0.717) is 6.42 Å². The van der Waals surface area contributed by atoms with E-state index >= 15 is 0 Å². The monoisotopic (exact) mass is 472 g/mol. The molecule has 0 atom stereocenters. The summed E-state index contributed by atoms with van der Waals surface area (Å²) in [6.45, 7) is 2.49. The number of nitrogens with one attached hydrogen (secondary N) is 3. The third-order valence-electron chi connectivity index (χ3n) is 8.42. The zero-order chi connectivity index (χ0) is 23.7. The summed E-state index contributed by atoms with van der Waals surface area (Å²) in [7, 11) is 0. The van der Waals surface area contributed by atoms with Crippen molar-refractivity contribution in [1.29, 1.82) is 0 Å². The van der Waals surface area contributed by atoms with Crippen LogP contribution in [0.25, 0.3) is 10.9 Å². The highest BCUT2D eigenvalue weighted by molar-refractivity contribution is 6.01. The largest absolute Gasteiger partial charge is 0.468 e. The second-order valence-corrected chi connectivity index (χ2v) is 11.2. The molecule has 0 radical (unpaired) electrons. The number of anilines is 2. The minimum Gasteiger partial charge on any atom is -0.468 e. The average molecular weight is 473 g/mol. The van der Waals surface area contributed by atoms with Crippen LogP contribution in [0.15, 0.2) is 53.1 Å². The van der Waals surface area contributed by atoms with Gasteiger partial charge in [-0.3, -0.25) is 4.79 Å². The Morgan fingerprint density at radius 3 is 2.51 bits per heavy atom. The fourth-order valence-corrected chi connectivity index (χ4v) is 7.46. The topological polar surface area (TPSA) is 79.2 Å². The van der Waals surface area contributed by atoms with Crippen molar-refractivity contribution in [3.8, 4) is 0 Å². The lowest BCUT2D eigenvalue weighted by Gasteiger charge is -2.56. The number of fused-ring (bicyclic) bond motifs is 1. The van der Waals surface area contributed by atoms with Crippen LogP contribution in [0.4, 0.5) is 11.5 Å². The number of hydrogen-bond acceptors (Lipinski definition) is 5. The lowest BCUT2D eigenvalue weighted by molar-refractivity contribution is -0.124. The molecule has 6 heteroatoms. The third-order valence-corrected chi connectivity index (χ3v) is 8.42. The molecule has 1 amide bonds. The molecule has 1 aromatic carbocycles. The Morgan fingerprint density at radius 2 is 1.77 bits per heavy atom. The Bertz CT molecular complexity index is 1140. The highest BCUT2D eigenvalue weighted by Gasteiger charge is 2.51. The average Bonchev–Trinajstić information content (AvgIpc) is 3.34. The second kappa shape index (κ2) is 9.65. The minimum absolute atomic E-state index is 0.170. The fourth-order valence-electron chi connectivity index (χ4n) is 7.46. The second-order valence-electron chi connectivity index (χ2n) is 11.2. The fraction of sp³-hybridized carbons (Fsp3) is 0.517. The van der Waals surface area contributed by atoms with Gasteiger partial charge in [0.25, 0.3) is 0 Å². The Hall–Kier alpha value is -2.86. The van der Waals surface area contributed by atoms with Gasteiger partial charge in [0.2, 0.25) is 5.91 Å². The molecular formula is C29H36N4O2. The molecule has 4 aliphatic rings. The Morgan fingerprint density at radius 1 is 0.971 bits per heavy atom. The van der Waals surface area contributed by atoms with Crippen LogP contribution in [-0.2, 0) is 11.3 Å². The number of pyridine rings is 1. The van der Waals surface area contributed by atoms with Crippen LogP contribution in [0.3, 0.4) is 0 Å². The zero-order valence-electron chi connectivity index (χ0n) is 20.4. The maximum Gasteiger partial charge on any atom is 0.224 e. The van der Waals surface area contributed by atoms with Crippen molar-refractivity contribution in [2.24, 2.45) is 23.2 Å². The van der Waals surface area contributed by atoms with E-state index < -0.39 is 0 Å². The first-order valence-electron chi connectivity index (χ1n) is 13.3. The minimum atomic E-state index is 0.170. The molecule has 0 unspecified atom stereocenters. The van der Waals surface area contributed by atoms with Gasteiger partial charge in [-0.2, -0.15) is 0 Å². The van der Waals surface area contributed by atoms with Crippen molar-refractivity contribution in [2.45, 2.75) is 57.9 Å². The van der Waals surface area contributed by atoms with Crippen LogP contribution in [0.1, 0.15) is 57.1 Å². The summed E-state index contributed by atoms with van der Waals surface area (Å²) in [5.41, 5.74) is 2.03. The standard InChI is InChI=1S/C29H36N4O2/c34-28(18-29-15-20-12-21(16-29)14-22(13-20)17-29)33-26-6-1-5-25-24(26)7-8-27(32-25)31-10-3-9-30-19-23-4-2-11-35-23/h1-2,4-8,11,20-22,30H,3,9-10,12-19H2,(H,31,32)(H,33,34). The normalized spacial score (nSPS) is 26.8. The smallest absolute Gasteiger partial charge is 0.224 e. The van der Waals surface area contributed by atoms with Gasteiger partial charge < -0.3 is 20.4 Å². The van der Waals surface area contributed by atoms with E-state index in [-0.39, 0.29) is 11.3 Å². The van der Waals surface area contributed by atoms with Crippen molar-refractivity contribution >= 4 is 28.3 Å². The maximum absolute atomic E-state index is 13.2. The molecule has 184 valence electrons. The number of amides is 1. The predicted molar refractivity (Wildman–Crippen MR) is 139 cm³/mol. The molecule has 4 bridgehead atoms. The van der Waals surface area contributed by atoms with Crippen molar-refractivity contribution < 1.29 is 9.21 Å². The number of carbonyl (C=O) groups excluding carboxylic acids is 1. The Kier molecular flexibility index (Phi) is 6.23. The van der Waals surface area contributed by atoms with E-state index in [1.54, 1.807) is 6.26 Å². The van der Waals surface area contributed by atoms with E-state index in [1.165, 1.54) is 38.5 Å². The predicted octanol–water partition coefficient (Wildman–Crippen LogP) is 5.96. The molecule has 3 N–H and O–H groups in total. The molecule has 4 aliphatic carbocycles. The van der Waals surface area contributed by atoms with Gasteiger partial charge in [-0.1, -0.05) is 6.07 Å². The van der Waals surface area contributed by atoms with Gasteiger partial charge in [-0.05, 0) is 111 Å². The first-order valence-corrected chi connectivity index (χ1v) is 13.3. The summed E-state index contributed by atoms with van der Waals surface area (Å²) in [5, 5.41) is 11.0. The van der Waals surface area contributed by atoms with Crippen LogP contribution in [0.2, 0.25) is 0 Å². The molecule has 35 heavy (non-hydrogen) atoms. The molecule has 4 fully saturated rings. The van der Waals surface area contributed by atoms with Gasteiger partial charge in [-0.25, -0.2) is 4.98 Å². The zero-order valence-corrected chi connectivity index (χ0v) is 20.4. The molecule has 3 aromatic rings. The molecule has 0 aliphatic heterocycles. The van der Waals surface area contributed by atoms with Crippen LogP contribution in [0.5, 0.6) is 0 Å². The van der Waals surface area contributed by atoms with E-state index in [2.05, 4.69) is 22.0 Å². The summed E-state index contributed by atoms with van der Waals surface area (Å²) in [5.74, 6) is 4.59. The van der Waals surface area contributed by atoms with Crippen LogP contribution >= 0.6 is 0 Å². The summed E-state index contributed by atoms with van der Waals surface area (Å²) in [6.07, 6.45) is 11.4. The van der Waals surface area contributed by atoms with Gasteiger partial charge in [-0.15, -0.1) is 0 Å². The quantitative estimate of drug-likeness (QED) is 0.317. The number of rotatable bonds is 10.